The summed E-state index contributed by atoms with van der Waals surface area (Å²) in [6.07, 6.45) is 5.53. The molecule has 3 heterocycles. The first-order chi connectivity index (χ1) is 13.5. The van der Waals surface area contributed by atoms with Gasteiger partial charge in [-0.3, -0.25) is 18.3 Å². The number of fused-ring (bicyclic) bond motifs is 3. The lowest BCUT2D eigenvalue weighted by molar-refractivity contribution is 0.638. The molecule has 7 nitrogen and oxygen atoms in total. The van der Waals surface area contributed by atoms with E-state index in [1.165, 1.54) is 9.13 Å². The molecule has 0 fully saturated rings. The Labute approximate surface area is 161 Å². The van der Waals surface area contributed by atoms with Crippen LogP contribution in [0.2, 0.25) is 0 Å². The molecule has 0 saturated carbocycles. The number of imidazole rings is 2. The Morgan fingerprint density at radius 2 is 1.89 bits per heavy atom. The Morgan fingerprint density at radius 1 is 1.18 bits per heavy atom. The summed E-state index contributed by atoms with van der Waals surface area (Å²) >= 11 is 0. The van der Waals surface area contributed by atoms with Crippen molar-refractivity contribution >= 4 is 16.9 Å². The molecule has 4 rings (SSSR count). The molecule has 7 heteroatoms. The highest BCUT2D eigenvalue weighted by molar-refractivity contribution is 5.75. The number of aryl methyl sites for hydroxylation is 2. The van der Waals surface area contributed by atoms with Crippen LogP contribution in [0.25, 0.3) is 16.9 Å². The van der Waals surface area contributed by atoms with Gasteiger partial charge in [-0.05, 0) is 26.3 Å². The molecule has 1 aromatic carbocycles. The van der Waals surface area contributed by atoms with Crippen molar-refractivity contribution in [2.24, 2.45) is 7.05 Å². The molecule has 0 bridgehead atoms. The zero-order chi connectivity index (χ0) is 20.0. The molecule has 4 aromatic rings. The van der Waals surface area contributed by atoms with Crippen LogP contribution in [0.15, 0.2) is 58.3 Å². The molecule has 144 valence electrons. The summed E-state index contributed by atoms with van der Waals surface area (Å²) in [6, 6.07) is 10.2. The topological polar surface area (TPSA) is 66.2 Å². The second-order valence-corrected chi connectivity index (χ2v) is 7.01. The van der Waals surface area contributed by atoms with E-state index >= 15 is 0 Å². The summed E-state index contributed by atoms with van der Waals surface area (Å²) in [5.74, 6) is 0.653. The van der Waals surface area contributed by atoms with E-state index in [0.717, 1.165) is 11.3 Å². The number of aromatic nitrogens is 5. The Balaban J connectivity index is 2.04. The minimum atomic E-state index is -0.365. The van der Waals surface area contributed by atoms with Gasteiger partial charge in [0.2, 0.25) is 5.78 Å². The Morgan fingerprint density at radius 3 is 2.57 bits per heavy atom. The summed E-state index contributed by atoms with van der Waals surface area (Å²) in [7, 11) is 1.65. The van der Waals surface area contributed by atoms with Crippen LogP contribution in [0.4, 0.5) is 0 Å². The SMILES string of the molecule is C/C=C/Cn1c(=O)c2c(nc3n([C@H](C)c4ccccc4)c(C)cn23)n(C)c1=O. The fourth-order valence-corrected chi connectivity index (χ4v) is 3.76. The molecule has 0 saturated heterocycles. The molecular formula is C21H23N5O2. The van der Waals surface area contributed by atoms with E-state index in [4.69, 9.17) is 0 Å². The van der Waals surface area contributed by atoms with Gasteiger partial charge in [0.1, 0.15) is 0 Å². The molecule has 0 unspecified atom stereocenters. The standard InChI is InChI=1S/C21H23N5O2/c1-5-6-12-24-19(27)17-18(23(4)21(24)28)22-20-25(17)13-14(2)26(20)15(3)16-10-8-7-9-11-16/h5-11,13,15H,12H2,1-4H3/b6-5+/t15-/m1/s1. The Kier molecular flexibility index (Phi) is 4.30. The lowest BCUT2D eigenvalue weighted by Crippen LogP contribution is -2.39. The maximum absolute atomic E-state index is 13.1. The van der Waals surface area contributed by atoms with Crippen molar-refractivity contribution in [3.63, 3.8) is 0 Å². The molecule has 28 heavy (non-hydrogen) atoms. The van der Waals surface area contributed by atoms with Crippen LogP contribution in [-0.4, -0.2) is 23.1 Å². The van der Waals surface area contributed by atoms with Crippen molar-refractivity contribution in [3.8, 4) is 0 Å². The van der Waals surface area contributed by atoms with Gasteiger partial charge >= 0.3 is 5.69 Å². The van der Waals surface area contributed by atoms with E-state index in [1.807, 2.05) is 44.3 Å². The normalized spacial score (nSPS) is 13.1. The molecule has 0 aliphatic rings. The molecular weight excluding hydrogens is 354 g/mol. The van der Waals surface area contributed by atoms with Crippen molar-refractivity contribution < 1.29 is 0 Å². The van der Waals surface area contributed by atoms with Crippen LogP contribution < -0.4 is 11.2 Å². The van der Waals surface area contributed by atoms with Crippen LogP contribution in [0.5, 0.6) is 0 Å². The fraction of sp³-hybridized carbons (Fsp3) is 0.286. The van der Waals surface area contributed by atoms with E-state index in [9.17, 15) is 9.59 Å². The molecule has 0 N–H and O–H groups in total. The molecule has 3 aromatic heterocycles. The van der Waals surface area contributed by atoms with Gasteiger partial charge in [0, 0.05) is 25.5 Å². The third kappa shape index (κ3) is 2.54. The number of benzene rings is 1. The summed E-state index contributed by atoms with van der Waals surface area (Å²) in [6.45, 7) is 6.20. The smallest absolute Gasteiger partial charge is 0.307 e. The molecule has 0 radical (unpaired) electrons. The first kappa shape index (κ1) is 18.0. The third-order valence-electron chi connectivity index (χ3n) is 5.26. The maximum atomic E-state index is 13.1. The van der Waals surface area contributed by atoms with Crippen molar-refractivity contribution in [3.05, 3.63) is 80.8 Å². The summed E-state index contributed by atoms with van der Waals surface area (Å²) in [5, 5.41) is 0. The van der Waals surface area contributed by atoms with Crippen molar-refractivity contribution in [2.75, 3.05) is 0 Å². The van der Waals surface area contributed by atoms with E-state index < -0.39 is 0 Å². The quantitative estimate of drug-likeness (QED) is 0.514. The lowest BCUT2D eigenvalue weighted by atomic mass is 10.1. The highest BCUT2D eigenvalue weighted by Crippen LogP contribution is 2.25. The Hall–Kier alpha value is -3.35. The van der Waals surface area contributed by atoms with Gasteiger partial charge in [0.15, 0.2) is 11.2 Å². The molecule has 0 spiro atoms. The van der Waals surface area contributed by atoms with E-state index in [1.54, 1.807) is 17.5 Å². The van der Waals surface area contributed by atoms with Crippen molar-refractivity contribution in [1.29, 1.82) is 0 Å². The Bertz CT molecular complexity index is 1320. The predicted octanol–water partition coefficient (Wildman–Crippen LogP) is 2.64. The van der Waals surface area contributed by atoms with E-state index in [2.05, 4.69) is 28.6 Å². The number of hydrogen-bond donors (Lipinski definition) is 0. The van der Waals surface area contributed by atoms with Gasteiger partial charge < -0.3 is 4.57 Å². The van der Waals surface area contributed by atoms with Gasteiger partial charge in [-0.15, -0.1) is 0 Å². The van der Waals surface area contributed by atoms with Crippen molar-refractivity contribution in [1.82, 2.24) is 23.1 Å². The monoisotopic (exact) mass is 377 g/mol. The zero-order valence-corrected chi connectivity index (χ0v) is 16.5. The number of allylic oxidation sites excluding steroid dienone is 2. The number of rotatable bonds is 4. The molecule has 0 aliphatic heterocycles. The maximum Gasteiger partial charge on any atom is 0.332 e. The highest BCUT2D eigenvalue weighted by Gasteiger charge is 2.22. The zero-order valence-electron chi connectivity index (χ0n) is 16.5. The van der Waals surface area contributed by atoms with E-state index in [0.29, 0.717) is 16.9 Å². The average Bonchev–Trinajstić information content (AvgIpc) is 3.21. The van der Waals surface area contributed by atoms with Crippen LogP contribution in [0, 0.1) is 6.92 Å². The second kappa shape index (κ2) is 6.67. The van der Waals surface area contributed by atoms with Crippen LogP contribution in [0.1, 0.15) is 31.1 Å². The molecule has 1 atom stereocenters. The first-order valence-corrected chi connectivity index (χ1v) is 9.31. The van der Waals surface area contributed by atoms with Crippen LogP contribution >= 0.6 is 0 Å². The minimum Gasteiger partial charge on any atom is -0.307 e. The molecule has 0 aliphatic carbocycles. The second-order valence-electron chi connectivity index (χ2n) is 7.01. The van der Waals surface area contributed by atoms with E-state index in [-0.39, 0.29) is 23.8 Å². The fourth-order valence-electron chi connectivity index (χ4n) is 3.76. The lowest BCUT2D eigenvalue weighted by Gasteiger charge is -2.16. The van der Waals surface area contributed by atoms with Crippen molar-refractivity contribution in [2.45, 2.75) is 33.4 Å². The predicted molar refractivity (Wildman–Crippen MR) is 110 cm³/mol. The van der Waals surface area contributed by atoms with Gasteiger partial charge in [0.05, 0.1) is 6.04 Å². The van der Waals surface area contributed by atoms with Gasteiger partial charge in [-0.25, -0.2) is 4.79 Å². The van der Waals surface area contributed by atoms with Crippen LogP contribution in [-0.2, 0) is 13.6 Å². The molecule has 0 amide bonds. The summed E-state index contributed by atoms with van der Waals surface area (Å²) < 4.78 is 6.58. The summed E-state index contributed by atoms with van der Waals surface area (Å²) in [4.78, 5) is 30.4. The highest BCUT2D eigenvalue weighted by atomic mass is 16.2. The summed E-state index contributed by atoms with van der Waals surface area (Å²) in [5.41, 5.74) is 2.27. The van der Waals surface area contributed by atoms with Gasteiger partial charge in [-0.2, -0.15) is 4.98 Å². The largest absolute Gasteiger partial charge is 0.332 e. The number of hydrogen-bond acceptors (Lipinski definition) is 3. The average molecular weight is 377 g/mol. The van der Waals surface area contributed by atoms with Crippen LogP contribution in [0.3, 0.4) is 0 Å². The first-order valence-electron chi connectivity index (χ1n) is 9.31. The third-order valence-corrected chi connectivity index (χ3v) is 5.26. The number of nitrogens with zero attached hydrogens (tertiary/aromatic N) is 5. The van der Waals surface area contributed by atoms with Gasteiger partial charge in [0.25, 0.3) is 5.56 Å². The van der Waals surface area contributed by atoms with Gasteiger partial charge in [-0.1, -0.05) is 42.5 Å². The minimum absolute atomic E-state index is 0.0396.